The molecule has 0 spiro atoms. The molecular formula is C9H8N6OS2. The predicted octanol–water partition coefficient (Wildman–Crippen LogP) is 1.79. The largest absolute Gasteiger partial charge is 0.419 e. The molecule has 9 heteroatoms. The highest BCUT2D eigenvalue weighted by Crippen LogP contribution is 2.25. The SMILES string of the molecule is Nc1nc(SCc2nnc(-c3cccs3)o2)n[nH]1. The molecule has 3 N–H and O–H groups in total. The van der Waals surface area contributed by atoms with Crippen LogP contribution in [0.2, 0.25) is 0 Å². The fourth-order valence-corrected chi connectivity index (χ4v) is 2.55. The Hall–Kier alpha value is -1.87. The molecule has 0 aliphatic rings. The van der Waals surface area contributed by atoms with E-state index in [0.29, 0.717) is 28.6 Å². The van der Waals surface area contributed by atoms with Crippen molar-refractivity contribution in [1.29, 1.82) is 0 Å². The molecule has 7 nitrogen and oxygen atoms in total. The van der Waals surface area contributed by atoms with Gasteiger partial charge < -0.3 is 10.2 Å². The summed E-state index contributed by atoms with van der Waals surface area (Å²) in [6, 6.07) is 3.88. The van der Waals surface area contributed by atoms with Crippen molar-refractivity contribution < 1.29 is 4.42 Å². The van der Waals surface area contributed by atoms with Gasteiger partial charge in [0.2, 0.25) is 17.0 Å². The first kappa shape index (κ1) is 11.2. The van der Waals surface area contributed by atoms with Crippen LogP contribution in [0, 0.1) is 0 Å². The maximum absolute atomic E-state index is 5.53. The number of nitrogen functional groups attached to an aromatic ring is 1. The maximum atomic E-state index is 5.53. The zero-order valence-corrected chi connectivity index (χ0v) is 10.7. The first-order valence-corrected chi connectivity index (χ1v) is 6.85. The summed E-state index contributed by atoms with van der Waals surface area (Å²) >= 11 is 2.94. The van der Waals surface area contributed by atoms with E-state index in [1.54, 1.807) is 11.3 Å². The van der Waals surface area contributed by atoms with E-state index in [1.165, 1.54) is 11.8 Å². The number of thioether (sulfide) groups is 1. The van der Waals surface area contributed by atoms with Crippen LogP contribution >= 0.6 is 23.1 Å². The first-order chi connectivity index (χ1) is 8.81. The van der Waals surface area contributed by atoms with E-state index in [9.17, 15) is 0 Å². The molecule has 0 fully saturated rings. The summed E-state index contributed by atoms with van der Waals surface area (Å²) in [5, 5.41) is 16.9. The molecule has 0 aliphatic carbocycles. The van der Waals surface area contributed by atoms with Crippen LogP contribution < -0.4 is 5.73 Å². The highest BCUT2D eigenvalue weighted by Gasteiger charge is 2.10. The molecule has 92 valence electrons. The molecule has 0 aromatic carbocycles. The average Bonchev–Trinajstić information content (AvgIpc) is 3.07. The number of hydrogen-bond acceptors (Lipinski definition) is 8. The molecule has 0 saturated carbocycles. The van der Waals surface area contributed by atoms with Gasteiger partial charge in [-0.1, -0.05) is 17.8 Å². The van der Waals surface area contributed by atoms with Crippen LogP contribution in [0.3, 0.4) is 0 Å². The summed E-state index contributed by atoms with van der Waals surface area (Å²) < 4.78 is 5.53. The van der Waals surface area contributed by atoms with Crippen LogP contribution in [-0.4, -0.2) is 25.4 Å². The number of thiophene rings is 1. The van der Waals surface area contributed by atoms with Crippen molar-refractivity contribution in [3.8, 4) is 10.8 Å². The number of aromatic nitrogens is 5. The van der Waals surface area contributed by atoms with Crippen molar-refractivity contribution >= 4 is 29.0 Å². The Morgan fingerprint density at radius 1 is 1.44 bits per heavy atom. The molecule has 0 radical (unpaired) electrons. The number of hydrogen-bond donors (Lipinski definition) is 2. The number of nitrogens with zero attached hydrogens (tertiary/aromatic N) is 4. The molecular weight excluding hydrogens is 272 g/mol. The van der Waals surface area contributed by atoms with Gasteiger partial charge in [0, 0.05) is 0 Å². The summed E-state index contributed by atoms with van der Waals surface area (Å²) in [6.45, 7) is 0. The summed E-state index contributed by atoms with van der Waals surface area (Å²) in [5.74, 6) is 1.87. The fraction of sp³-hybridized carbons (Fsp3) is 0.111. The van der Waals surface area contributed by atoms with Crippen LogP contribution in [0.5, 0.6) is 0 Å². The van der Waals surface area contributed by atoms with E-state index in [2.05, 4.69) is 25.4 Å². The van der Waals surface area contributed by atoms with Crippen molar-refractivity contribution in [3.63, 3.8) is 0 Å². The summed E-state index contributed by atoms with van der Waals surface area (Å²) in [5.41, 5.74) is 5.42. The van der Waals surface area contributed by atoms with Gasteiger partial charge in [-0.25, -0.2) is 5.10 Å². The molecule has 0 saturated heterocycles. The van der Waals surface area contributed by atoms with Gasteiger partial charge in [0.15, 0.2) is 0 Å². The first-order valence-electron chi connectivity index (χ1n) is 4.98. The van der Waals surface area contributed by atoms with Crippen molar-refractivity contribution in [3.05, 3.63) is 23.4 Å². The molecule has 3 heterocycles. The Balaban J connectivity index is 1.67. The number of nitrogens with one attached hydrogen (secondary N) is 1. The molecule has 0 aliphatic heterocycles. The van der Waals surface area contributed by atoms with Crippen molar-refractivity contribution in [2.45, 2.75) is 10.9 Å². The normalized spacial score (nSPS) is 10.9. The quantitative estimate of drug-likeness (QED) is 0.701. The Labute approximate surface area is 110 Å². The van der Waals surface area contributed by atoms with Gasteiger partial charge in [-0.2, -0.15) is 4.98 Å². The number of anilines is 1. The van der Waals surface area contributed by atoms with Crippen LogP contribution in [0.1, 0.15) is 5.89 Å². The lowest BCUT2D eigenvalue weighted by atomic mass is 10.5. The minimum absolute atomic E-state index is 0.294. The summed E-state index contributed by atoms with van der Waals surface area (Å²) in [4.78, 5) is 4.93. The van der Waals surface area contributed by atoms with Gasteiger partial charge in [-0.15, -0.1) is 26.6 Å². The van der Waals surface area contributed by atoms with Gasteiger partial charge in [0.1, 0.15) is 0 Å². The van der Waals surface area contributed by atoms with Crippen LogP contribution in [0.15, 0.2) is 27.1 Å². The van der Waals surface area contributed by atoms with E-state index in [1.807, 2.05) is 17.5 Å². The van der Waals surface area contributed by atoms with Crippen molar-refractivity contribution in [2.24, 2.45) is 0 Å². The standard InChI is InChI=1S/C9H8N6OS2/c10-8-11-9(15-14-8)18-4-6-12-13-7(16-6)5-2-1-3-17-5/h1-3H,4H2,(H3,10,11,14,15). The average molecular weight is 280 g/mol. The molecule has 0 amide bonds. The van der Waals surface area contributed by atoms with E-state index < -0.39 is 0 Å². The summed E-state index contributed by atoms with van der Waals surface area (Å²) in [6.07, 6.45) is 0. The molecule has 0 atom stereocenters. The second-order valence-electron chi connectivity index (χ2n) is 3.27. The Morgan fingerprint density at radius 2 is 2.39 bits per heavy atom. The second kappa shape index (κ2) is 4.78. The Bertz CT molecular complexity index is 631. The van der Waals surface area contributed by atoms with Crippen LogP contribution in [-0.2, 0) is 5.75 Å². The van der Waals surface area contributed by atoms with Crippen molar-refractivity contribution in [2.75, 3.05) is 5.73 Å². The fourth-order valence-electron chi connectivity index (χ4n) is 1.26. The zero-order chi connectivity index (χ0) is 12.4. The van der Waals surface area contributed by atoms with Gasteiger partial charge in [-0.05, 0) is 11.4 Å². The molecule has 3 aromatic heterocycles. The minimum Gasteiger partial charge on any atom is -0.419 e. The lowest BCUT2D eigenvalue weighted by molar-refractivity contribution is 0.529. The monoisotopic (exact) mass is 280 g/mol. The van der Waals surface area contributed by atoms with E-state index in [-0.39, 0.29) is 0 Å². The molecule has 3 aromatic rings. The van der Waals surface area contributed by atoms with Crippen LogP contribution in [0.4, 0.5) is 5.95 Å². The third-order valence-electron chi connectivity index (χ3n) is 2.01. The third-order valence-corrected chi connectivity index (χ3v) is 3.70. The van der Waals surface area contributed by atoms with Gasteiger partial charge in [-0.3, -0.25) is 0 Å². The maximum Gasteiger partial charge on any atom is 0.257 e. The lowest BCUT2D eigenvalue weighted by Crippen LogP contribution is -1.85. The molecule has 18 heavy (non-hydrogen) atoms. The lowest BCUT2D eigenvalue weighted by Gasteiger charge is -1.90. The van der Waals surface area contributed by atoms with E-state index in [0.717, 1.165) is 4.88 Å². The number of H-pyrrole nitrogens is 1. The summed E-state index contributed by atoms with van der Waals surface area (Å²) in [7, 11) is 0. The molecule has 0 unspecified atom stereocenters. The Morgan fingerprint density at radius 3 is 3.11 bits per heavy atom. The van der Waals surface area contributed by atoms with E-state index in [4.69, 9.17) is 10.2 Å². The van der Waals surface area contributed by atoms with E-state index >= 15 is 0 Å². The number of rotatable bonds is 4. The second-order valence-corrected chi connectivity index (χ2v) is 5.16. The highest BCUT2D eigenvalue weighted by atomic mass is 32.2. The predicted molar refractivity (Wildman–Crippen MR) is 68.0 cm³/mol. The van der Waals surface area contributed by atoms with Crippen LogP contribution in [0.25, 0.3) is 10.8 Å². The van der Waals surface area contributed by atoms with Gasteiger partial charge >= 0.3 is 0 Å². The van der Waals surface area contributed by atoms with Crippen molar-refractivity contribution in [1.82, 2.24) is 25.4 Å². The smallest absolute Gasteiger partial charge is 0.257 e. The molecule has 3 rings (SSSR count). The Kier molecular flexibility index (Phi) is 2.99. The number of aromatic amines is 1. The topological polar surface area (TPSA) is 107 Å². The van der Waals surface area contributed by atoms with Gasteiger partial charge in [0.25, 0.3) is 5.89 Å². The zero-order valence-electron chi connectivity index (χ0n) is 9.03. The number of nitrogens with two attached hydrogens (primary N) is 1. The molecule has 0 bridgehead atoms. The minimum atomic E-state index is 0.294. The third kappa shape index (κ3) is 2.36. The van der Waals surface area contributed by atoms with Gasteiger partial charge in [0.05, 0.1) is 10.6 Å². The highest BCUT2D eigenvalue weighted by molar-refractivity contribution is 7.98.